The summed E-state index contributed by atoms with van der Waals surface area (Å²) in [5.41, 5.74) is 3.22. The average Bonchev–Trinajstić information content (AvgIpc) is 2.38. The van der Waals surface area contributed by atoms with Gasteiger partial charge < -0.3 is 0 Å². The molecule has 0 aliphatic carbocycles. The molecular weight excluding hydrogens is 228 g/mol. The van der Waals surface area contributed by atoms with Crippen LogP contribution in [0, 0.1) is 5.41 Å². The summed E-state index contributed by atoms with van der Waals surface area (Å²) in [7, 11) is 0. The monoisotopic (exact) mass is 260 g/mol. The summed E-state index contributed by atoms with van der Waals surface area (Å²) in [5, 5.41) is 0. The van der Waals surface area contributed by atoms with E-state index in [0.29, 0.717) is 5.41 Å². The van der Waals surface area contributed by atoms with Gasteiger partial charge in [-0.3, -0.25) is 0 Å². The molecule has 0 saturated carbocycles. The molecule has 0 N–H and O–H groups in total. The highest BCUT2D eigenvalue weighted by Crippen LogP contribution is 2.25. The van der Waals surface area contributed by atoms with Crippen LogP contribution in [0.2, 0.25) is 0 Å². The third-order valence-corrected chi connectivity index (χ3v) is 3.41. The third-order valence-electron chi connectivity index (χ3n) is 3.41. The van der Waals surface area contributed by atoms with Crippen molar-refractivity contribution in [1.29, 1.82) is 0 Å². The Kier molecular flexibility index (Phi) is 7.11. The second-order valence-electron chi connectivity index (χ2n) is 6.55. The molecule has 0 radical (unpaired) electrons. The molecule has 0 aliphatic heterocycles. The lowest BCUT2D eigenvalue weighted by atomic mass is 9.86. The highest BCUT2D eigenvalue weighted by atomic mass is 14.2. The number of allylic oxidation sites excluding steroid dienone is 1. The van der Waals surface area contributed by atoms with Gasteiger partial charge in [0.15, 0.2) is 0 Å². The van der Waals surface area contributed by atoms with Gasteiger partial charge in [0.1, 0.15) is 0 Å². The van der Waals surface area contributed by atoms with E-state index in [1.807, 2.05) is 13.8 Å². The van der Waals surface area contributed by atoms with Crippen molar-refractivity contribution < 1.29 is 0 Å². The predicted molar refractivity (Wildman–Crippen MR) is 89.6 cm³/mol. The van der Waals surface area contributed by atoms with Crippen molar-refractivity contribution in [2.24, 2.45) is 5.41 Å². The van der Waals surface area contributed by atoms with Gasteiger partial charge in [-0.05, 0) is 28.4 Å². The van der Waals surface area contributed by atoms with Crippen LogP contribution in [0.25, 0.3) is 6.08 Å². The molecule has 19 heavy (non-hydrogen) atoms. The molecule has 1 aromatic carbocycles. The summed E-state index contributed by atoms with van der Waals surface area (Å²) in [5.74, 6) is 0. The standard InChI is InChI=1S/C17H26.C2H6/c1-7-17(5,6)13-12-14-8-10-15(11-9-14)16(2,3)4;1-2/h8-13H,7H2,1-6H3;1-2H3/b13-12+;. The van der Waals surface area contributed by atoms with Crippen LogP contribution in [0.15, 0.2) is 30.3 Å². The maximum absolute atomic E-state index is 2.30. The van der Waals surface area contributed by atoms with Crippen molar-refractivity contribution in [1.82, 2.24) is 0 Å². The molecule has 0 bridgehead atoms. The van der Waals surface area contributed by atoms with Gasteiger partial charge in [-0.25, -0.2) is 0 Å². The Morgan fingerprint density at radius 3 is 1.74 bits per heavy atom. The second-order valence-corrected chi connectivity index (χ2v) is 6.55. The molecule has 1 aromatic rings. The molecule has 108 valence electrons. The maximum Gasteiger partial charge on any atom is -0.0132 e. The SMILES string of the molecule is CC.CCC(C)(C)/C=C/c1ccc(C(C)(C)C)cc1. The fraction of sp³-hybridized carbons (Fsp3) is 0.579. The van der Waals surface area contributed by atoms with E-state index in [0.717, 1.165) is 0 Å². The van der Waals surface area contributed by atoms with Crippen LogP contribution in [-0.4, -0.2) is 0 Å². The van der Waals surface area contributed by atoms with E-state index in [1.54, 1.807) is 0 Å². The van der Waals surface area contributed by atoms with Crippen LogP contribution >= 0.6 is 0 Å². The summed E-state index contributed by atoms with van der Waals surface area (Å²) < 4.78 is 0. The second kappa shape index (κ2) is 7.53. The molecule has 0 spiro atoms. The zero-order valence-electron chi connectivity index (χ0n) is 14.2. The zero-order valence-corrected chi connectivity index (χ0v) is 14.2. The van der Waals surface area contributed by atoms with Crippen molar-refractivity contribution in [3.63, 3.8) is 0 Å². The lowest BCUT2D eigenvalue weighted by Gasteiger charge is -2.19. The van der Waals surface area contributed by atoms with Gasteiger partial charge in [0.05, 0.1) is 0 Å². The Hall–Kier alpha value is -1.04. The first-order valence-electron chi connectivity index (χ1n) is 7.54. The topological polar surface area (TPSA) is 0 Å². The van der Waals surface area contributed by atoms with Crippen molar-refractivity contribution in [2.45, 2.75) is 67.2 Å². The first kappa shape index (κ1) is 18.0. The summed E-state index contributed by atoms with van der Waals surface area (Å²) >= 11 is 0. The van der Waals surface area contributed by atoms with Gasteiger partial charge in [-0.1, -0.05) is 91.8 Å². The van der Waals surface area contributed by atoms with E-state index >= 15 is 0 Å². The first-order chi connectivity index (χ1) is 8.74. The van der Waals surface area contributed by atoms with Crippen LogP contribution < -0.4 is 0 Å². The van der Waals surface area contributed by atoms with Gasteiger partial charge >= 0.3 is 0 Å². The molecule has 0 nitrogen and oxygen atoms in total. The zero-order chi connectivity index (χ0) is 15.1. The normalized spacial score (nSPS) is 12.2. The van der Waals surface area contributed by atoms with E-state index in [1.165, 1.54) is 17.5 Å². The van der Waals surface area contributed by atoms with Crippen LogP contribution in [0.5, 0.6) is 0 Å². The van der Waals surface area contributed by atoms with Gasteiger partial charge in [0.2, 0.25) is 0 Å². The van der Waals surface area contributed by atoms with E-state index in [9.17, 15) is 0 Å². The molecule has 1 rings (SSSR count). The van der Waals surface area contributed by atoms with Gasteiger partial charge in [0, 0.05) is 0 Å². The summed E-state index contributed by atoms with van der Waals surface area (Å²) in [4.78, 5) is 0. The Bertz CT molecular complexity index is 371. The minimum atomic E-state index is 0.241. The van der Waals surface area contributed by atoms with Gasteiger partial charge in [-0.15, -0.1) is 0 Å². The molecule has 0 saturated heterocycles. The largest absolute Gasteiger partial charge is 0.0783 e. The van der Waals surface area contributed by atoms with E-state index < -0.39 is 0 Å². The smallest absolute Gasteiger partial charge is 0.0132 e. The highest BCUT2D eigenvalue weighted by molar-refractivity contribution is 5.51. The van der Waals surface area contributed by atoms with Crippen LogP contribution in [-0.2, 0) is 5.41 Å². The van der Waals surface area contributed by atoms with Crippen LogP contribution in [0.4, 0.5) is 0 Å². The quantitative estimate of drug-likeness (QED) is 0.585. The molecule has 0 aromatic heterocycles. The van der Waals surface area contributed by atoms with Crippen molar-refractivity contribution in [3.8, 4) is 0 Å². The number of hydrogen-bond acceptors (Lipinski definition) is 0. The van der Waals surface area contributed by atoms with Crippen LogP contribution in [0.3, 0.4) is 0 Å². The molecule has 0 atom stereocenters. The lowest BCUT2D eigenvalue weighted by molar-refractivity contribution is 0.464. The van der Waals surface area contributed by atoms with E-state index in [2.05, 4.69) is 78.0 Å². The van der Waals surface area contributed by atoms with Gasteiger partial charge in [0.25, 0.3) is 0 Å². The fourth-order valence-electron chi connectivity index (χ4n) is 1.53. The van der Waals surface area contributed by atoms with Gasteiger partial charge in [-0.2, -0.15) is 0 Å². The first-order valence-corrected chi connectivity index (χ1v) is 7.54. The Morgan fingerprint density at radius 2 is 1.37 bits per heavy atom. The number of hydrogen-bond donors (Lipinski definition) is 0. The minimum absolute atomic E-state index is 0.241. The van der Waals surface area contributed by atoms with Crippen LogP contribution in [0.1, 0.15) is 72.9 Å². The Morgan fingerprint density at radius 1 is 0.895 bits per heavy atom. The van der Waals surface area contributed by atoms with Crippen molar-refractivity contribution in [2.75, 3.05) is 0 Å². The molecule has 0 aliphatic rings. The molecule has 0 heteroatoms. The molecule has 0 unspecified atom stereocenters. The molecular formula is C19H32. The number of benzene rings is 1. The Balaban J connectivity index is 0.00000154. The van der Waals surface area contributed by atoms with E-state index in [4.69, 9.17) is 0 Å². The molecule has 0 fully saturated rings. The highest BCUT2D eigenvalue weighted by Gasteiger charge is 2.13. The maximum atomic E-state index is 2.30. The van der Waals surface area contributed by atoms with E-state index in [-0.39, 0.29) is 5.41 Å². The minimum Gasteiger partial charge on any atom is -0.0783 e. The van der Waals surface area contributed by atoms with Crippen molar-refractivity contribution >= 4 is 6.08 Å². The van der Waals surface area contributed by atoms with Crippen molar-refractivity contribution in [3.05, 3.63) is 41.5 Å². The summed E-state index contributed by atoms with van der Waals surface area (Å²) in [6.07, 6.45) is 5.71. The lowest BCUT2D eigenvalue weighted by Crippen LogP contribution is -2.10. The summed E-state index contributed by atoms with van der Waals surface area (Å²) in [6, 6.07) is 8.89. The summed E-state index contributed by atoms with van der Waals surface area (Å²) in [6.45, 7) is 17.5. The fourth-order valence-corrected chi connectivity index (χ4v) is 1.53. The third kappa shape index (κ3) is 6.61. The molecule has 0 amide bonds. The average molecular weight is 260 g/mol. The predicted octanol–water partition coefficient (Wildman–Crippen LogP) is 6.46. The number of rotatable bonds is 3. The molecule has 0 heterocycles. The Labute approximate surface area is 120 Å².